The number of thioether (sulfide) groups is 2. The highest BCUT2D eigenvalue weighted by molar-refractivity contribution is 8.02. The standard InChI is InChI=1S/C8H10N4OS3/c1-3-14-7-11-12-8(16-7)15-4-6-10-9-5(2)13-6/h3-4H2,1-2H3. The maximum absolute atomic E-state index is 5.27. The Morgan fingerprint density at radius 2 is 1.88 bits per heavy atom. The van der Waals surface area contributed by atoms with Crippen LogP contribution in [0.3, 0.4) is 0 Å². The topological polar surface area (TPSA) is 64.7 Å². The van der Waals surface area contributed by atoms with Gasteiger partial charge in [0.05, 0.1) is 5.75 Å². The van der Waals surface area contributed by atoms with Gasteiger partial charge in [0.2, 0.25) is 11.8 Å². The summed E-state index contributed by atoms with van der Waals surface area (Å²) in [7, 11) is 0. The van der Waals surface area contributed by atoms with Gasteiger partial charge in [0.25, 0.3) is 0 Å². The van der Waals surface area contributed by atoms with E-state index >= 15 is 0 Å². The Morgan fingerprint density at radius 1 is 1.12 bits per heavy atom. The number of nitrogens with zero attached hydrogens (tertiary/aromatic N) is 4. The van der Waals surface area contributed by atoms with Crippen LogP contribution in [0.25, 0.3) is 0 Å². The fourth-order valence-corrected chi connectivity index (χ4v) is 3.71. The summed E-state index contributed by atoms with van der Waals surface area (Å²) in [5, 5.41) is 15.8. The van der Waals surface area contributed by atoms with Gasteiger partial charge in [-0.2, -0.15) is 0 Å². The van der Waals surface area contributed by atoms with E-state index in [1.54, 1.807) is 41.8 Å². The third kappa shape index (κ3) is 3.19. The molecule has 0 saturated carbocycles. The maximum atomic E-state index is 5.27. The quantitative estimate of drug-likeness (QED) is 0.776. The van der Waals surface area contributed by atoms with Crippen LogP contribution >= 0.6 is 34.9 Å². The van der Waals surface area contributed by atoms with Crippen molar-refractivity contribution >= 4 is 34.9 Å². The molecule has 0 unspecified atom stereocenters. The van der Waals surface area contributed by atoms with Crippen molar-refractivity contribution in [2.75, 3.05) is 5.75 Å². The zero-order valence-corrected chi connectivity index (χ0v) is 11.3. The van der Waals surface area contributed by atoms with Crippen molar-refractivity contribution in [3.05, 3.63) is 11.8 Å². The van der Waals surface area contributed by atoms with E-state index in [0.717, 1.165) is 14.4 Å². The summed E-state index contributed by atoms with van der Waals surface area (Å²) in [5.41, 5.74) is 0. The van der Waals surface area contributed by atoms with E-state index in [4.69, 9.17) is 4.42 Å². The molecule has 2 heterocycles. The molecule has 2 aromatic heterocycles. The molecule has 0 aliphatic carbocycles. The van der Waals surface area contributed by atoms with Gasteiger partial charge in [-0.05, 0) is 5.75 Å². The van der Waals surface area contributed by atoms with E-state index in [-0.39, 0.29) is 0 Å². The minimum Gasteiger partial charge on any atom is -0.425 e. The number of rotatable bonds is 5. The summed E-state index contributed by atoms with van der Waals surface area (Å²) in [5.74, 6) is 2.88. The minimum absolute atomic E-state index is 0.593. The Kier molecular flexibility index (Phi) is 4.19. The molecule has 2 aromatic rings. The minimum atomic E-state index is 0.593. The van der Waals surface area contributed by atoms with Gasteiger partial charge >= 0.3 is 0 Å². The van der Waals surface area contributed by atoms with E-state index in [9.17, 15) is 0 Å². The first-order valence-electron chi connectivity index (χ1n) is 4.66. The van der Waals surface area contributed by atoms with Gasteiger partial charge in [-0.1, -0.05) is 41.8 Å². The first kappa shape index (κ1) is 11.9. The lowest BCUT2D eigenvalue weighted by molar-refractivity contribution is 0.485. The van der Waals surface area contributed by atoms with Crippen molar-refractivity contribution in [3.8, 4) is 0 Å². The van der Waals surface area contributed by atoms with Crippen LogP contribution in [0.4, 0.5) is 0 Å². The van der Waals surface area contributed by atoms with Gasteiger partial charge in [-0.3, -0.25) is 0 Å². The molecule has 0 aliphatic heterocycles. The fourth-order valence-electron chi connectivity index (χ4n) is 0.957. The molecular formula is C8H10N4OS3. The van der Waals surface area contributed by atoms with Crippen LogP contribution in [0.1, 0.15) is 18.7 Å². The zero-order chi connectivity index (χ0) is 11.4. The van der Waals surface area contributed by atoms with Gasteiger partial charge in [0, 0.05) is 6.92 Å². The zero-order valence-electron chi connectivity index (χ0n) is 8.84. The van der Waals surface area contributed by atoms with Crippen LogP contribution in [-0.2, 0) is 5.75 Å². The van der Waals surface area contributed by atoms with E-state index in [0.29, 0.717) is 17.5 Å². The summed E-state index contributed by atoms with van der Waals surface area (Å²) < 4.78 is 7.21. The van der Waals surface area contributed by atoms with E-state index in [2.05, 4.69) is 27.3 Å². The molecule has 5 nitrogen and oxygen atoms in total. The second-order valence-electron chi connectivity index (χ2n) is 2.77. The van der Waals surface area contributed by atoms with Gasteiger partial charge in [0.1, 0.15) is 0 Å². The van der Waals surface area contributed by atoms with Gasteiger partial charge in [0.15, 0.2) is 8.68 Å². The average Bonchev–Trinajstić information content (AvgIpc) is 2.85. The van der Waals surface area contributed by atoms with Crippen molar-refractivity contribution in [2.45, 2.75) is 28.3 Å². The third-order valence-corrected chi connectivity index (χ3v) is 4.60. The third-order valence-electron chi connectivity index (χ3n) is 1.54. The molecule has 0 fully saturated rings. The monoisotopic (exact) mass is 274 g/mol. The predicted molar refractivity (Wildman–Crippen MR) is 64.9 cm³/mol. The SMILES string of the molecule is CCSc1nnc(SCc2nnc(C)o2)s1. The Labute approximate surface area is 105 Å². The molecule has 0 bridgehead atoms. The molecule has 0 aromatic carbocycles. The van der Waals surface area contributed by atoms with Crippen LogP contribution in [0.5, 0.6) is 0 Å². The van der Waals surface area contributed by atoms with Crippen LogP contribution in [0.15, 0.2) is 13.1 Å². The molecule has 0 aliphatic rings. The molecule has 0 saturated heterocycles. The molecule has 0 amide bonds. The first-order chi connectivity index (χ1) is 7.78. The van der Waals surface area contributed by atoms with Crippen LogP contribution < -0.4 is 0 Å². The molecular weight excluding hydrogens is 264 g/mol. The first-order valence-corrected chi connectivity index (χ1v) is 7.44. The molecule has 2 rings (SSSR count). The predicted octanol–water partition coefficient (Wildman–Crippen LogP) is 2.63. The highest BCUT2D eigenvalue weighted by Crippen LogP contribution is 2.30. The summed E-state index contributed by atoms with van der Waals surface area (Å²) in [6.07, 6.45) is 0. The largest absolute Gasteiger partial charge is 0.425 e. The van der Waals surface area contributed by atoms with E-state index < -0.39 is 0 Å². The Balaban J connectivity index is 1.89. The lowest BCUT2D eigenvalue weighted by Crippen LogP contribution is -1.80. The van der Waals surface area contributed by atoms with Crippen molar-refractivity contribution in [1.82, 2.24) is 20.4 Å². The Hall–Kier alpha value is -0.600. The molecule has 0 N–H and O–H groups in total. The molecule has 8 heteroatoms. The second-order valence-corrected chi connectivity index (χ2v) is 6.48. The van der Waals surface area contributed by atoms with Crippen LogP contribution in [-0.4, -0.2) is 26.1 Å². The van der Waals surface area contributed by atoms with Crippen molar-refractivity contribution < 1.29 is 4.42 Å². The lowest BCUT2D eigenvalue weighted by Gasteiger charge is -1.89. The van der Waals surface area contributed by atoms with Crippen molar-refractivity contribution in [3.63, 3.8) is 0 Å². The number of aryl methyl sites for hydroxylation is 1. The van der Waals surface area contributed by atoms with E-state index in [1.807, 2.05) is 0 Å². The maximum Gasteiger partial charge on any atom is 0.226 e. The van der Waals surface area contributed by atoms with Gasteiger partial charge < -0.3 is 4.42 Å². The Bertz CT molecular complexity index is 456. The molecule has 16 heavy (non-hydrogen) atoms. The van der Waals surface area contributed by atoms with Crippen LogP contribution in [0, 0.1) is 6.92 Å². The van der Waals surface area contributed by atoms with Crippen molar-refractivity contribution in [1.29, 1.82) is 0 Å². The number of hydrogen-bond donors (Lipinski definition) is 0. The summed E-state index contributed by atoms with van der Waals surface area (Å²) in [4.78, 5) is 0. The molecule has 0 radical (unpaired) electrons. The highest BCUT2D eigenvalue weighted by Gasteiger charge is 2.07. The summed E-state index contributed by atoms with van der Waals surface area (Å²) >= 11 is 4.87. The van der Waals surface area contributed by atoms with Gasteiger partial charge in [-0.25, -0.2) is 0 Å². The lowest BCUT2D eigenvalue weighted by atomic mass is 10.8. The highest BCUT2D eigenvalue weighted by atomic mass is 32.2. The summed E-state index contributed by atoms with van der Waals surface area (Å²) in [6, 6.07) is 0. The smallest absolute Gasteiger partial charge is 0.226 e. The normalized spacial score (nSPS) is 10.9. The summed E-state index contributed by atoms with van der Waals surface area (Å²) in [6.45, 7) is 3.88. The number of hydrogen-bond acceptors (Lipinski definition) is 8. The van der Waals surface area contributed by atoms with Crippen LogP contribution in [0.2, 0.25) is 0 Å². The fraction of sp³-hybridized carbons (Fsp3) is 0.500. The molecule has 86 valence electrons. The van der Waals surface area contributed by atoms with Crippen molar-refractivity contribution in [2.24, 2.45) is 0 Å². The number of aromatic nitrogens is 4. The van der Waals surface area contributed by atoms with E-state index in [1.165, 1.54) is 0 Å². The molecule has 0 spiro atoms. The van der Waals surface area contributed by atoms with Gasteiger partial charge in [-0.15, -0.1) is 20.4 Å². The second kappa shape index (κ2) is 5.65. The Morgan fingerprint density at radius 3 is 2.50 bits per heavy atom. The molecule has 0 atom stereocenters. The average molecular weight is 274 g/mol.